The number of furan rings is 1. The van der Waals surface area contributed by atoms with Crippen LogP contribution in [-0.2, 0) is 0 Å². The summed E-state index contributed by atoms with van der Waals surface area (Å²) in [6.07, 6.45) is 1.03. The SMILES string of the molecule is CCNC(CC)c1ccc(-c2ccc(Br)cc2)o1. The van der Waals surface area contributed by atoms with Gasteiger partial charge in [0.2, 0.25) is 0 Å². The van der Waals surface area contributed by atoms with Crippen molar-refractivity contribution in [2.75, 3.05) is 6.54 Å². The smallest absolute Gasteiger partial charge is 0.134 e. The zero-order valence-corrected chi connectivity index (χ0v) is 12.3. The number of nitrogens with one attached hydrogen (secondary N) is 1. The van der Waals surface area contributed by atoms with Gasteiger partial charge in [0.05, 0.1) is 6.04 Å². The molecule has 1 atom stereocenters. The summed E-state index contributed by atoms with van der Waals surface area (Å²) in [5, 5.41) is 3.42. The molecule has 2 nitrogen and oxygen atoms in total. The van der Waals surface area contributed by atoms with Gasteiger partial charge in [0.1, 0.15) is 11.5 Å². The van der Waals surface area contributed by atoms with Gasteiger partial charge in [-0.05, 0) is 37.2 Å². The summed E-state index contributed by atoms with van der Waals surface area (Å²) < 4.78 is 7.02. The van der Waals surface area contributed by atoms with Crippen molar-refractivity contribution in [2.24, 2.45) is 0 Å². The Morgan fingerprint density at radius 1 is 1.11 bits per heavy atom. The van der Waals surface area contributed by atoms with Crippen LogP contribution in [0.15, 0.2) is 45.3 Å². The van der Waals surface area contributed by atoms with E-state index >= 15 is 0 Å². The second-order valence-corrected chi connectivity index (χ2v) is 5.14. The van der Waals surface area contributed by atoms with Gasteiger partial charge in [-0.1, -0.05) is 41.9 Å². The highest BCUT2D eigenvalue weighted by atomic mass is 79.9. The molecule has 0 saturated heterocycles. The maximum atomic E-state index is 5.94. The highest BCUT2D eigenvalue weighted by Crippen LogP contribution is 2.27. The van der Waals surface area contributed by atoms with Gasteiger partial charge in [-0.15, -0.1) is 0 Å². The van der Waals surface area contributed by atoms with E-state index in [9.17, 15) is 0 Å². The summed E-state index contributed by atoms with van der Waals surface area (Å²) in [7, 11) is 0. The molecule has 1 unspecified atom stereocenters. The Kier molecular flexibility index (Phi) is 4.61. The summed E-state index contributed by atoms with van der Waals surface area (Å²) in [5.41, 5.74) is 1.11. The number of rotatable bonds is 5. The van der Waals surface area contributed by atoms with Crippen molar-refractivity contribution < 1.29 is 4.42 Å². The molecule has 1 heterocycles. The maximum absolute atomic E-state index is 5.94. The molecule has 1 aromatic heterocycles. The lowest BCUT2D eigenvalue weighted by Gasteiger charge is -2.12. The van der Waals surface area contributed by atoms with Crippen molar-refractivity contribution in [3.05, 3.63) is 46.6 Å². The number of hydrogen-bond donors (Lipinski definition) is 1. The van der Waals surface area contributed by atoms with E-state index in [2.05, 4.69) is 53.3 Å². The van der Waals surface area contributed by atoms with E-state index in [1.165, 1.54) is 0 Å². The fourth-order valence-electron chi connectivity index (χ4n) is 2.00. The molecular formula is C15H18BrNO. The molecule has 0 fully saturated rings. The molecule has 18 heavy (non-hydrogen) atoms. The highest BCUT2D eigenvalue weighted by Gasteiger charge is 2.13. The molecule has 1 aromatic carbocycles. The fraction of sp³-hybridized carbons (Fsp3) is 0.333. The minimum absolute atomic E-state index is 0.305. The molecule has 2 aromatic rings. The first-order valence-corrected chi connectivity index (χ1v) is 7.13. The Bertz CT molecular complexity index is 489. The van der Waals surface area contributed by atoms with E-state index in [1.54, 1.807) is 0 Å². The first kappa shape index (κ1) is 13.4. The molecule has 0 aliphatic carbocycles. The molecule has 0 radical (unpaired) electrons. The van der Waals surface area contributed by atoms with Gasteiger partial charge in [-0.3, -0.25) is 0 Å². The molecule has 0 amide bonds. The Hall–Kier alpha value is -1.06. The third-order valence-electron chi connectivity index (χ3n) is 2.96. The van der Waals surface area contributed by atoms with E-state index in [0.29, 0.717) is 6.04 Å². The molecule has 96 valence electrons. The van der Waals surface area contributed by atoms with E-state index in [1.807, 2.05) is 18.2 Å². The lowest BCUT2D eigenvalue weighted by Crippen LogP contribution is -2.19. The first-order chi connectivity index (χ1) is 8.74. The zero-order valence-electron chi connectivity index (χ0n) is 10.7. The average molecular weight is 308 g/mol. The van der Waals surface area contributed by atoms with Gasteiger partial charge in [-0.25, -0.2) is 0 Å². The third-order valence-corrected chi connectivity index (χ3v) is 3.49. The summed E-state index contributed by atoms with van der Waals surface area (Å²) in [5.74, 6) is 1.94. The Morgan fingerprint density at radius 3 is 2.44 bits per heavy atom. The normalized spacial score (nSPS) is 12.6. The largest absolute Gasteiger partial charge is 0.459 e. The van der Waals surface area contributed by atoms with Crippen molar-refractivity contribution in [3.63, 3.8) is 0 Å². The topological polar surface area (TPSA) is 25.2 Å². The van der Waals surface area contributed by atoms with Crippen LogP contribution in [0.25, 0.3) is 11.3 Å². The Labute approximate surface area is 117 Å². The van der Waals surface area contributed by atoms with Gasteiger partial charge in [0.15, 0.2) is 0 Å². The molecule has 1 N–H and O–H groups in total. The number of benzene rings is 1. The first-order valence-electron chi connectivity index (χ1n) is 6.33. The predicted molar refractivity (Wildman–Crippen MR) is 78.6 cm³/mol. The molecule has 0 aliphatic rings. The third kappa shape index (κ3) is 3.03. The molecule has 0 spiro atoms. The molecule has 0 aliphatic heterocycles. The van der Waals surface area contributed by atoms with Crippen molar-refractivity contribution in [2.45, 2.75) is 26.3 Å². The van der Waals surface area contributed by atoms with Gasteiger partial charge < -0.3 is 9.73 Å². The fourth-order valence-corrected chi connectivity index (χ4v) is 2.27. The summed E-state index contributed by atoms with van der Waals surface area (Å²) in [6.45, 7) is 5.23. The van der Waals surface area contributed by atoms with Crippen molar-refractivity contribution >= 4 is 15.9 Å². The summed E-state index contributed by atoms with van der Waals surface area (Å²) >= 11 is 3.44. The van der Waals surface area contributed by atoms with Crippen LogP contribution in [0.1, 0.15) is 32.1 Å². The van der Waals surface area contributed by atoms with Crippen molar-refractivity contribution in [3.8, 4) is 11.3 Å². The Balaban J connectivity index is 2.21. The minimum atomic E-state index is 0.305. The Morgan fingerprint density at radius 2 is 1.83 bits per heavy atom. The van der Waals surface area contributed by atoms with E-state index in [4.69, 9.17) is 4.42 Å². The van der Waals surface area contributed by atoms with E-state index in [0.717, 1.165) is 34.5 Å². The minimum Gasteiger partial charge on any atom is -0.459 e. The van der Waals surface area contributed by atoms with Crippen LogP contribution in [0.3, 0.4) is 0 Å². The molecule has 2 rings (SSSR count). The van der Waals surface area contributed by atoms with Crippen LogP contribution >= 0.6 is 15.9 Å². The van der Waals surface area contributed by atoms with Crippen molar-refractivity contribution in [1.82, 2.24) is 5.32 Å². The van der Waals surface area contributed by atoms with Crippen molar-refractivity contribution in [1.29, 1.82) is 0 Å². The summed E-state index contributed by atoms with van der Waals surface area (Å²) in [6, 6.07) is 12.6. The second kappa shape index (κ2) is 6.21. The molecule has 0 saturated carbocycles. The quantitative estimate of drug-likeness (QED) is 0.860. The molecular weight excluding hydrogens is 290 g/mol. The van der Waals surface area contributed by atoms with Gasteiger partial charge in [0.25, 0.3) is 0 Å². The maximum Gasteiger partial charge on any atom is 0.134 e. The lowest BCUT2D eigenvalue weighted by atomic mass is 10.1. The van der Waals surface area contributed by atoms with Crippen LogP contribution in [-0.4, -0.2) is 6.54 Å². The van der Waals surface area contributed by atoms with Crippen LogP contribution in [0.4, 0.5) is 0 Å². The van der Waals surface area contributed by atoms with Crippen LogP contribution in [0.2, 0.25) is 0 Å². The molecule has 0 bridgehead atoms. The standard InChI is InChI=1S/C15H18BrNO/c1-3-13(17-4-2)15-10-9-14(18-15)11-5-7-12(16)8-6-11/h5-10,13,17H,3-4H2,1-2H3. The van der Waals surface area contributed by atoms with Gasteiger partial charge in [0, 0.05) is 10.0 Å². The second-order valence-electron chi connectivity index (χ2n) is 4.23. The zero-order chi connectivity index (χ0) is 13.0. The van der Waals surface area contributed by atoms with E-state index < -0.39 is 0 Å². The average Bonchev–Trinajstić information content (AvgIpc) is 2.86. The highest BCUT2D eigenvalue weighted by molar-refractivity contribution is 9.10. The number of halogens is 1. The van der Waals surface area contributed by atoms with Gasteiger partial charge in [-0.2, -0.15) is 0 Å². The van der Waals surface area contributed by atoms with Crippen LogP contribution in [0.5, 0.6) is 0 Å². The van der Waals surface area contributed by atoms with Crippen LogP contribution < -0.4 is 5.32 Å². The monoisotopic (exact) mass is 307 g/mol. The summed E-state index contributed by atoms with van der Waals surface area (Å²) in [4.78, 5) is 0. The lowest BCUT2D eigenvalue weighted by molar-refractivity contribution is 0.417. The number of hydrogen-bond acceptors (Lipinski definition) is 2. The van der Waals surface area contributed by atoms with Gasteiger partial charge >= 0.3 is 0 Å². The van der Waals surface area contributed by atoms with E-state index in [-0.39, 0.29) is 0 Å². The van der Waals surface area contributed by atoms with Crippen LogP contribution in [0, 0.1) is 0 Å². The predicted octanol–water partition coefficient (Wildman–Crippen LogP) is 4.77. The molecule has 3 heteroatoms.